The fraction of sp³-hybridized carbons (Fsp3) is 1.00. The molecule has 2 atom stereocenters. The van der Waals surface area contributed by atoms with Gasteiger partial charge in [0.2, 0.25) is 0 Å². The molecule has 1 aliphatic rings. The average Bonchev–Trinajstić information content (AvgIpc) is 2.86. The fourth-order valence-corrected chi connectivity index (χ4v) is 2.03. The summed E-state index contributed by atoms with van der Waals surface area (Å²) in [5, 5.41) is 9.63. The second-order valence-electron chi connectivity index (χ2n) is 4.73. The maximum atomic E-state index is 9.63. The van der Waals surface area contributed by atoms with Crippen molar-refractivity contribution in [1.82, 2.24) is 0 Å². The second-order valence-corrected chi connectivity index (χ2v) is 4.73. The number of aliphatic hydroxyl groups excluding tert-OH is 1. The normalized spacial score (nSPS) is 21.5. The maximum Gasteiger partial charge on any atom is 0.0568 e. The lowest BCUT2D eigenvalue weighted by atomic mass is 9.97. The summed E-state index contributed by atoms with van der Waals surface area (Å²) in [6, 6.07) is 0. The van der Waals surface area contributed by atoms with Gasteiger partial charge in [-0.2, -0.15) is 0 Å². The highest BCUT2D eigenvalue weighted by Crippen LogP contribution is 2.34. The predicted octanol–water partition coefficient (Wildman–Crippen LogP) is 3.36. The van der Waals surface area contributed by atoms with E-state index in [1.54, 1.807) is 0 Å². The largest absolute Gasteiger partial charge is 0.393 e. The Morgan fingerprint density at radius 3 is 2.46 bits per heavy atom. The molecular weight excluding hydrogens is 160 g/mol. The topological polar surface area (TPSA) is 20.2 Å². The zero-order valence-electron chi connectivity index (χ0n) is 9.13. The Morgan fingerprint density at radius 2 is 1.92 bits per heavy atom. The first-order chi connectivity index (χ1) is 6.24. The lowest BCUT2D eigenvalue weighted by Crippen LogP contribution is -2.09. The van der Waals surface area contributed by atoms with E-state index in [0.717, 1.165) is 12.3 Å². The zero-order valence-corrected chi connectivity index (χ0v) is 9.13. The molecule has 0 amide bonds. The SMILES string of the molecule is CCCC(C)CCCC(O)C1CC1. The highest BCUT2D eigenvalue weighted by atomic mass is 16.3. The standard InChI is InChI=1S/C12H24O/c1-3-5-10(2)6-4-7-12(13)11-8-9-11/h10-13H,3-9H2,1-2H3. The fourth-order valence-electron chi connectivity index (χ4n) is 2.03. The molecule has 0 aromatic heterocycles. The Bertz CT molecular complexity index is 129. The van der Waals surface area contributed by atoms with Crippen LogP contribution in [0.25, 0.3) is 0 Å². The van der Waals surface area contributed by atoms with Crippen molar-refractivity contribution in [3.8, 4) is 0 Å². The Labute approximate surface area is 82.5 Å². The van der Waals surface area contributed by atoms with Gasteiger partial charge in [-0.3, -0.25) is 0 Å². The molecule has 1 rings (SSSR count). The van der Waals surface area contributed by atoms with Crippen LogP contribution in [0.15, 0.2) is 0 Å². The maximum absolute atomic E-state index is 9.63. The van der Waals surface area contributed by atoms with E-state index in [9.17, 15) is 5.11 Å². The molecule has 1 nitrogen and oxygen atoms in total. The summed E-state index contributed by atoms with van der Waals surface area (Å²) in [6.07, 6.45) is 8.77. The van der Waals surface area contributed by atoms with Crippen molar-refractivity contribution in [3.63, 3.8) is 0 Å². The van der Waals surface area contributed by atoms with Crippen LogP contribution in [0.5, 0.6) is 0 Å². The van der Waals surface area contributed by atoms with Gasteiger partial charge in [-0.15, -0.1) is 0 Å². The molecule has 78 valence electrons. The number of aliphatic hydroxyl groups is 1. The smallest absolute Gasteiger partial charge is 0.0568 e. The first kappa shape index (κ1) is 11.0. The third-order valence-electron chi connectivity index (χ3n) is 3.14. The summed E-state index contributed by atoms with van der Waals surface area (Å²) in [5.74, 6) is 1.53. The first-order valence-corrected chi connectivity index (χ1v) is 5.92. The summed E-state index contributed by atoms with van der Waals surface area (Å²) in [7, 11) is 0. The van der Waals surface area contributed by atoms with Crippen LogP contribution in [0.1, 0.15) is 58.8 Å². The van der Waals surface area contributed by atoms with Gasteiger partial charge in [0, 0.05) is 0 Å². The summed E-state index contributed by atoms with van der Waals surface area (Å²) < 4.78 is 0. The van der Waals surface area contributed by atoms with Crippen LogP contribution < -0.4 is 0 Å². The lowest BCUT2D eigenvalue weighted by molar-refractivity contribution is 0.136. The van der Waals surface area contributed by atoms with E-state index in [4.69, 9.17) is 0 Å². The zero-order chi connectivity index (χ0) is 9.68. The van der Waals surface area contributed by atoms with E-state index in [1.807, 2.05) is 0 Å². The Kier molecular flexibility index (Phi) is 4.79. The molecule has 0 aromatic carbocycles. The number of rotatable bonds is 7. The van der Waals surface area contributed by atoms with Gasteiger partial charge in [-0.25, -0.2) is 0 Å². The quantitative estimate of drug-likeness (QED) is 0.643. The minimum atomic E-state index is 0.0221. The molecule has 1 aliphatic carbocycles. The van der Waals surface area contributed by atoms with Crippen molar-refractivity contribution in [1.29, 1.82) is 0 Å². The van der Waals surface area contributed by atoms with Crippen LogP contribution >= 0.6 is 0 Å². The van der Waals surface area contributed by atoms with Crippen LogP contribution in [0.4, 0.5) is 0 Å². The summed E-state index contributed by atoms with van der Waals surface area (Å²) in [6.45, 7) is 4.57. The first-order valence-electron chi connectivity index (χ1n) is 5.92. The van der Waals surface area contributed by atoms with Gasteiger partial charge < -0.3 is 5.11 Å². The Morgan fingerprint density at radius 1 is 1.23 bits per heavy atom. The van der Waals surface area contributed by atoms with Gasteiger partial charge >= 0.3 is 0 Å². The van der Waals surface area contributed by atoms with E-state index in [0.29, 0.717) is 5.92 Å². The Balaban J connectivity index is 1.92. The highest BCUT2D eigenvalue weighted by Gasteiger charge is 2.28. The Hall–Kier alpha value is -0.0400. The van der Waals surface area contributed by atoms with Gasteiger partial charge in [0.15, 0.2) is 0 Å². The molecule has 0 aliphatic heterocycles. The van der Waals surface area contributed by atoms with E-state index < -0.39 is 0 Å². The van der Waals surface area contributed by atoms with E-state index in [2.05, 4.69) is 13.8 Å². The second kappa shape index (κ2) is 5.64. The molecule has 1 saturated carbocycles. The molecule has 0 radical (unpaired) electrons. The van der Waals surface area contributed by atoms with Gasteiger partial charge in [-0.05, 0) is 31.1 Å². The van der Waals surface area contributed by atoms with Crippen LogP contribution in [-0.4, -0.2) is 11.2 Å². The van der Waals surface area contributed by atoms with Crippen LogP contribution in [0, 0.1) is 11.8 Å². The molecule has 0 saturated heterocycles. The molecular formula is C12H24O. The van der Waals surface area contributed by atoms with E-state index in [1.165, 1.54) is 38.5 Å². The van der Waals surface area contributed by atoms with Crippen molar-refractivity contribution >= 4 is 0 Å². The van der Waals surface area contributed by atoms with Crippen LogP contribution in [0.2, 0.25) is 0 Å². The molecule has 0 spiro atoms. The molecule has 0 aromatic rings. The molecule has 0 heterocycles. The monoisotopic (exact) mass is 184 g/mol. The third-order valence-corrected chi connectivity index (χ3v) is 3.14. The molecule has 0 bridgehead atoms. The average molecular weight is 184 g/mol. The van der Waals surface area contributed by atoms with Crippen molar-refractivity contribution in [2.75, 3.05) is 0 Å². The van der Waals surface area contributed by atoms with Crippen molar-refractivity contribution in [3.05, 3.63) is 0 Å². The summed E-state index contributed by atoms with van der Waals surface area (Å²) >= 11 is 0. The van der Waals surface area contributed by atoms with E-state index in [-0.39, 0.29) is 6.10 Å². The molecule has 2 unspecified atom stereocenters. The van der Waals surface area contributed by atoms with Crippen molar-refractivity contribution in [2.24, 2.45) is 11.8 Å². The molecule has 1 heteroatoms. The van der Waals surface area contributed by atoms with Gasteiger partial charge in [-0.1, -0.05) is 39.5 Å². The van der Waals surface area contributed by atoms with E-state index >= 15 is 0 Å². The van der Waals surface area contributed by atoms with Crippen molar-refractivity contribution in [2.45, 2.75) is 64.9 Å². The summed E-state index contributed by atoms with van der Waals surface area (Å²) in [5.41, 5.74) is 0. The van der Waals surface area contributed by atoms with Crippen LogP contribution in [0.3, 0.4) is 0 Å². The highest BCUT2D eigenvalue weighted by molar-refractivity contribution is 4.80. The lowest BCUT2D eigenvalue weighted by Gasteiger charge is -2.12. The van der Waals surface area contributed by atoms with Gasteiger partial charge in [0.05, 0.1) is 6.10 Å². The van der Waals surface area contributed by atoms with Crippen LogP contribution in [-0.2, 0) is 0 Å². The minimum Gasteiger partial charge on any atom is -0.393 e. The van der Waals surface area contributed by atoms with Gasteiger partial charge in [0.1, 0.15) is 0 Å². The minimum absolute atomic E-state index is 0.0221. The molecule has 1 fully saturated rings. The number of hydrogen-bond donors (Lipinski definition) is 1. The number of hydrogen-bond acceptors (Lipinski definition) is 1. The summed E-state index contributed by atoms with van der Waals surface area (Å²) in [4.78, 5) is 0. The third kappa shape index (κ3) is 4.66. The van der Waals surface area contributed by atoms with Gasteiger partial charge in [0.25, 0.3) is 0 Å². The van der Waals surface area contributed by atoms with Crippen molar-refractivity contribution < 1.29 is 5.11 Å². The molecule has 13 heavy (non-hydrogen) atoms. The predicted molar refractivity (Wildman–Crippen MR) is 56.7 cm³/mol. The molecule has 1 N–H and O–H groups in total.